The molecule has 1 aromatic heterocycles. The highest BCUT2D eigenvalue weighted by molar-refractivity contribution is 9.10. The molecule has 88 valence electrons. The molecule has 1 saturated heterocycles. The van der Waals surface area contributed by atoms with Gasteiger partial charge in [-0.25, -0.2) is 4.68 Å². The van der Waals surface area contributed by atoms with Crippen LogP contribution in [0.1, 0.15) is 6.92 Å². The Hall–Kier alpha value is -0.880. The van der Waals surface area contributed by atoms with Crippen molar-refractivity contribution in [1.82, 2.24) is 15.1 Å². The zero-order valence-electron chi connectivity index (χ0n) is 9.24. The molecule has 0 amide bonds. The first kappa shape index (κ1) is 11.6. The molecule has 0 spiro atoms. The fourth-order valence-electron chi connectivity index (χ4n) is 1.81. The summed E-state index contributed by atoms with van der Waals surface area (Å²) in [6.45, 7) is 6.23. The van der Waals surface area contributed by atoms with Crippen molar-refractivity contribution in [3.8, 4) is 0 Å². The number of aromatic nitrogens is 2. The Labute approximate surface area is 103 Å². The van der Waals surface area contributed by atoms with Gasteiger partial charge in [-0.05, 0) is 22.9 Å². The minimum absolute atomic E-state index is 0.0569. The van der Waals surface area contributed by atoms with Gasteiger partial charge in [-0.2, -0.15) is 5.10 Å². The summed E-state index contributed by atoms with van der Waals surface area (Å²) in [6.07, 6.45) is 1.76. The molecule has 0 aliphatic carbocycles. The number of hydrogen-bond donors (Lipinski definition) is 1. The third kappa shape index (κ3) is 2.12. The maximum absolute atomic E-state index is 11.9. The lowest BCUT2D eigenvalue weighted by Gasteiger charge is -2.29. The quantitative estimate of drug-likeness (QED) is 0.857. The van der Waals surface area contributed by atoms with E-state index in [2.05, 4.69) is 31.2 Å². The molecule has 0 radical (unpaired) electrons. The summed E-state index contributed by atoms with van der Waals surface area (Å²) in [4.78, 5) is 14.1. The molecule has 1 aromatic rings. The van der Waals surface area contributed by atoms with Crippen LogP contribution in [0.25, 0.3) is 0 Å². The van der Waals surface area contributed by atoms with E-state index >= 15 is 0 Å². The molecule has 0 atom stereocenters. The minimum Gasteiger partial charge on any atom is -0.367 e. The molecular weight excluding hydrogens is 272 g/mol. The first-order valence-corrected chi connectivity index (χ1v) is 6.24. The van der Waals surface area contributed by atoms with Gasteiger partial charge >= 0.3 is 0 Å². The number of rotatable bonds is 2. The summed E-state index contributed by atoms with van der Waals surface area (Å²) in [6, 6.07) is 0. The second kappa shape index (κ2) is 4.97. The monoisotopic (exact) mass is 286 g/mol. The Kier molecular flexibility index (Phi) is 3.60. The van der Waals surface area contributed by atoms with Crippen LogP contribution < -0.4 is 15.8 Å². The van der Waals surface area contributed by atoms with Crippen molar-refractivity contribution in [2.75, 3.05) is 31.1 Å². The van der Waals surface area contributed by atoms with Crippen LogP contribution >= 0.6 is 15.9 Å². The molecule has 2 heterocycles. The van der Waals surface area contributed by atoms with Crippen molar-refractivity contribution < 1.29 is 0 Å². The average Bonchev–Trinajstić information content (AvgIpc) is 2.34. The van der Waals surface area contributed by atoms with E-state index in [1.165, 1.54) is 4.68 Å². The molecule has 1 aliphatic heterocycles. The fourth-order valence-corrected chi connectivity index (χ4v) is 2.37. The molecule has 0 saturated carbocycles. The number of nitrogens with zero attached hydrogens (tertiary/aromatic N) is 3. The van der Waals surface area contributed by atoms with Gasteiger partial charge in [0.25, 0.3) is 5.56 Å². The predicted octanol–water partition coefficient (Wildman–Crippen LogP) is 0.435. The minimum atomic E-state index is -0.0569. The van der Waals surface area contributed by atoms with Gasteiger partial charge in [0.1, 0.15) is 4.47 Å². The maximum Gasteiger partial charge on any atom is 0.283 e. The third-order valence-electron chi connectivity index (χ3n) is 2.72. The number of hydrogen-bond acceptors (Lipinski definition) is 4. The summed E-state index contributed by atoms with van der Waals surface area (Å²) in [5.74, 6) is 0. The molecule has 0 bridgehead atoms. The Morgan fingerprint density at radius 1 is 1.50 bits per heavy atom. The number of anilines is 1. The molecule has 16 heavy (non-hydrogen) atoms. The molecule has 2 rings (SSSR count). The molecule has 6 heteroatoms. The highest BCUT2D eigenvalue weighted by Gasteiger charge is 2.16. The van der Waals surface area contributed by atoms with Crippen LogP contribution in [0.4, 0.5) is 5.69 Å². The van der Waals surface area contributed by atoms with Gasteiger partial charge in [0, 0.05) is 32.7 Å². The van der Waals surface area contributed by atoms with Crippen molar-refractivity contribution in [1.29, 1.82) is 0 Å². The van der Waals surface area contributed by atoms with Gasteiger partial charge < -0.3 is 10.2 Å². The van der Waals surface area contributed by atoms with Crippen LogP contribution in [0.3, 0.4) is 0 Å². The van der Waals surface area contributed by atoms with E-state index in [1.807, 2.05) is 6.92 Å². The smallest absolute Gasteiger partial charge is 0.283 e. The normalized spacial score (nSPS) is 16.5. The third-order valence-corrected chi connectivity index (χ3v) is 3.47. The average molecular weight is 287 g/mol. The van der Waals surface area contributed by atoms with Gasteiger partial charge in [-0.15, -0.1) is 0 Å². The highest BCUT2D eigenvalue weighted by atomic mass is 79.9. The van der Waals surface area contributed by atoms with Crippen molar-refractivity contribution >= 4 is 21.6 Å². The van der Waals surface area contributed by atoms with E-state index in [1.54, 1.807) is 6.20 Å². The molecular formula is C10H15BrN4O. The van der Waals surface area contributed by atoms with Gasteiger partial charge in [0.05, 0.1) is 11.9 Å². The van der Waals surface area contributed by atoms with E-state index < -0.39 is 0 Å². The Morgan fingerprint density at radius 3 is 2.81 bits per heavy atom. The second-order valence-corrected chi connectivity index (χ2v) is 4.49. The predicted molar refractivity (Wildman–Crippen MR) is 67.0 cm³/mol. The number of nitrogens with one attached hydrogen (secondary N) is 1. The largest absolute Gasteiger partial charge is 0.367 e. The van der Waals surface area contributed by atoms with Gasteiger partial charge in [0.15, 0.2) is 0 Å². The van der Waals surface area contributed by atoms with Crippen LogP contribution in [0, 0.1) is 0 Å². The summed E-state index contributed by atoms with van der Waals surface area (Å²) in [5.41, 5.74) is 0.842. The first-order valence-electron chi connectivity index (χ1n) is 5.45. The second-order valence-electron chi connectivity index (χ2n) is 3.70. The summed E-state index contributed by atoms with van der Waals surface area (Å²) in [5, 5.41) is 7.43. The summed E-state index contributed by atoms with van der Waals surface area (Å²) < 4.78 is 2.07. The summed E-state index contributed by atoms with van der Waals surface area (Å²) >= 11 is 3.37. The molecule has 1 N–H and O–H groups in total. The van der Waals surface area contributed by atoms with Crippen LogP contribution in [-0.4, -0.2) is 36.0 Å². The van der Waals surface area contributed by atoms with Crippen LogP contribution in [-0.2, 0) is 6.54 Å². The zero-order valence-corrected chi connectivity index (χ0v) is 10.8. The molecule has 0 unspecified atom stereocenters. The van der Waals surface area contributed by atoms with E-state index in [0.29, 0.717) is 11.0 Å². The van der Waals surface area contributed by atoms with Gasteiger partial charge in [-0.1, -0.05) is 0 Å². The fraction of sp³-hybridized carbons (Fsp3) is 0.600. The molecule has 0 aromatic carbocycles. The first-order chi connectivity index (χ1) is 7.74. The van der Waals surface area contributed by atoms with E-state index in [-0.39, 0.29) is 5.56 Å². The van der Waals surface area contributed by atoms with Crippen molar-refractivity contribution in [2.45, 2.75) is 13.5 Å². The topological polar surface area (TPSA) is 50.2 Å². The lowest BCUT2D eigenvalue weighted by atomic mass is 10.3. The number of halogens is 1. The van der Waals surface area contributed by atoms with E-state index in [4.69, 9.17) is 0 Å². The lowest BCUT2D eigenvalue weighted by Crippen LogP contribution is -2.44. The standard InChI is InChI=1S/C10H15BrN4O/c1-2-15-10(16)9(11)8(7-13-15)14-5-3-12-4-6-14/h7,12H,2-6H2,1H3. The summed E-state index contributed by atoms with van der Waals surface area (Å²) in [7, 11) is 0. The van der Waals surface area contributed by atoms with Crippen molar-refractivity contribution in [3.63, 3.8) is 0 Å². The SMILES string of the molecule is CCn1ncc(N2CCNCC2)c(Br)c1=O. The highest BCUT2D eigenvalue weighted by Crippen LogP contribution is 2.21. The van der Waals surface area contributed by atoms with E-state index in [0.717, 1.165) is 31.9 Å². The van der Waals surface area contributed by atoms with Gasteiger partial charge in [-0.3, -0.25) is 4.79 Å². The van der Waals surface area contributed by atoms with E-state index in [9.17, 15) is 4.79 Å². The molecule has 1 aliphatic rings. The Bertz CT molecular complexity index is 425. The van der Waals surface area contributed by atoms with Crippen LogP contribution in [0.5, 0.6) is 0 Å². The number of aryl methyl sites for hydroxylation is 1. The Morgan fingerprint density at radius 2 is 2.19 bits per heavy atom. The zero-order chi connectivity index (χ0) is 11.5. The van der Waals surface area contributed by atoms with Crippen LogP contribution in [0.15, 0.2) is 15.5 Å². The molecule has 1 fully saturated rings. The van der Waals surface area contributed by atoms with Crippen molar-refractivity contribution in [3.05, 3.63) is 21.0 Å². The Balaban J connectivity index is 2.34. The molecule has 5 nitrogen and oxygen atoms in total. The lowest BCUT2D eigenvalue weighted by molar-refractivity contribution is 0.576. The number of piperazine rings is 1. The maximum atomic E-state index is 11.9. The van der Waals surface area contributed by atoms with Crippen LogP contribution in [0.2, 0.25) is 0 Å². The van der Waals surface area contributed by atoms with Crippen molar-refractivity contribution in [2.24, 2.45) is 0 Å². The van der Waals surface area contributed by atoms with Gasteiger partial charge in [0.2, 0.25) is 0 Å².